The molecule has 1 aromatic carbocycles. The highest BCUT2D eigenvalue weighted by Gasteiger charge is 2.41. The maximum atomic E-state index is 12.8. The van der Waals surface area contributed by atoms with Crippen molar-refractivity contribution in [2.24, 2.45) is 0 Å². The number of hydrogen-bond donors (Lipinski definition) is 3. The van der Waals surface area contributed by atoms with Gasteiger partial charge >= 0.3 is 0 Å². The molecule has 3 N–H and O–H groups in total. The van der Waals surface area contributed by atoms with Crippen molar-refractivity contribution < 1.29 is 14.4 Å². The van der Waals surface area contributed by atoms with E-state index >= 15 is 0 Å². The number of fused-ring (bicyclic) bond motifs is 1. The summed E-state index contributed by atoms with van der Waals surface area (Å²) in [5, 5.41) is 9.83. The van der Waals surface area contributed by atoms with E-state index in [4.69, 9.17) is 0 Å². The number of benzene rings is 1. The Bertz CT molecular complexity index is 1000. The zero-order valence-electron chi connectivity index (χ0n) is 17.2. The Morgan fingerprint density at radius 3 is 2.73 bits per heavy atom. The molecule has 2 atom stereocenters. The maximum absolute atomic E-state index is 12.8. The number of amides is 3. The molecule has 8 nitrogen and oxygen atoms in total. The quantitative estimate of drug-likeness (QED) is 0.699. The Labute approximate surface area is 179 Å². The maximum Gasteiger partial charge on any atom is 0.255 e. The Balaban J connectivity index is 1.47. The molecular weight excluding hydrogens is 402 g/mol. The molecule has 2 aromatic rings. The second-order valence-electron chi connectivity index (χ2n) is 7.87. The van der Waals surface area contributed by atoms with E-state index in [0.717, 1.165) is 16.3 Å². The van der Waals surface area contributed by atoms with Gasteiger partial charge in [-0.25, -0.2) is 4.98 Å². The first-order valence-corrected chi connectivity index (χ1v) is 10.8. The van der Waals surface area contributed by atoms with Crippen molar-refractivity contribution in [1.29, 1.82) is 0 Å². The van der Waals surface area contributed by atoms with Gasteiger partial charge in [0, 0.05) is 30.0 Å². The third kappa shape index (κ3) is 3.77. The summed E-state index contributed by atoms with van der Waals surface area (Å²) in [5.41, 5.74) is 1.55. The van der Waals surface area contributed by atoms with Crippen molar-refractivity contribution in [2.45, 2.75) is 51.7 Å². The molecule has 0 saturated carbocycles. The van der Waals surface area contributed by atoms with E-state index in [2.05, 4.69) is 20.9 Å². The van der Waals surface area contributed by atoms with Gasteiger partial charge in [-0.1, -0.05) is 12.1 Å². The zero-order chi connectivity index (χ0) is 21.5. The van der Waals surface area contributed by atoms with E-state index in [1.165, 1.54) is 11.3 Å². The second kappa shape index (κ2) is 7.71. The predicted octanol–water partition coefficient (Wildman–Crippen LogP) is 2.65. The second-order valence-corrected chi connectivity index (χ2v) is 9.07. The number of para-hydroxylation sites is 1. The Morgan fingerprint density at radius 1 is 1.23 bits per heavy atom. The number of nitrogens with zero attached hydrogens (tertiary/aromatic N) is 2. The Kier molecular flexibility index (Phi) is 5.23. The fraction of sp³-hybridized carbons (Fsp3) is 0.429. The summed E-state index contributed by atoms with van der Waals surface area (Å²) in [7, 11) is 0. The molecule has 1 aromatic heterocycles. The van der Waals surface area contributed by atoms with E-state index in [-0.39, 0.29) is 24.1 Å². The minimum atomic E-state index is -0.699. The van der Waals surface area contributed by atoms with Gasteiger partial charge in [0.05, 0.1) is 11.3 Å². The molecule has 4 rings (SSSR count). The monoisotopic (exact) mass is 427 g/mol. The van der Waals surface area contributed by atoms with E-state index in [1.54, 1.807) is 17.9 Å². The summed E-state index contributed by atoms with van der Waals surface area (Å²) in [5.74, 6) is -0.513. The van der Waals surface area contributed by atoms with E-state index < -0.39 is 11.7 Å². The molecule has 0 radical (unpaired) electrons. The van der Waals surface area contributed by atoms with Crippen LogP contribution in [0, 0.1) is 13.8 Å². The number of carbonyl (C=O) groups excluding carboxylic acids is 3. The van der Waals surface area contributed by atoms with Gasteiger partial charge in [0.15, 0.2) is 5.13 Å². The number of aryl methyl sites for hydroxylation is 2. The topological polar surface area (TPSA) is 103 Å². The molecule has 1 spiro atoms. The first kappa shape index (κ1) is 20.3. The van der Waals surface area contributed by atoms with Crippen molar-refractivity contribution in [3.8, 4) is 0 Å². The lowest BCUT2D eigenvalue weighted by molar-refractivity contribution is -0.137. The molecule has 158 valence electrons. The minimum absolute atomic E-state index is 0.101. The van der Waals surface area contributed by atoms with E-state index in [9.17, 15) is 14.4 Å². The largest absolute Gasteiger partial charge is 0.362 e. The Hall–Kier alpha value is -2.94. The van der Waals surface area contributed by atoms with Crippen molar-refractivity contribution in [1.82, 2.24) is 15.2 Å². The van der Waals surface area contributed by atoms with Gasteiger partial charge in [-0.15, -0.1) is 11.3 Å². The van der Waals surface area contributed by atoms with Crippen LogP contribution in [0.4, 0.5) is 10.8 Å². The van der Waals surface area contributed by atoms with Crippen LogP contribution in [0.2, 0.25) is 0 Å². The summed E-state index contributed by atoms with van der Waals surface area (Å²) in [6.07, 6.45) is 1.20. The highest BCUT2D eigenvalue weighted by molar-refractivity contribution is 7.15. The van der Waals surface area contributed by atoms with Crippen molar-refractivity contribution in [3.05, 3.63) is 40.4 Å². The fourth-order valence-electron chi connectivity index (χ4n) is 3.93. The van der Waals surface area contributed by atoms with Crippen molar-refractivity contribution in [2.75, 3.05) is 17.2 Å². The van der Waals surface area contributed by atoms with Crippen LogP contribution in [0.5, 0.6) is 0 Å². The molecule has 1 saturated heterocycles. The molecule has 0 unspecified atom stereocenters. The van der Waals surface area contributed by atoms with Crippen LogP contribution in [0.3, 0.4) is 0 Å². The summed E-state index contributed by atoms with van der Waals surface area (Å²) in [6.45, 7) is 5.93. The number of carbonyl (C=O) groups is 3. The van der Waals surface area contributed by atoms with Crippen LogP contribution in [0.1, 0.15) is 47.1 Å². The first-order chi connectivity index (χ1) is 14.3. The molecule has 3 heterocycles. The third-order valence-electron chi connectivity index (χ3n) is 5.87. The van der Waals surface area contributed by atoms with Crippen LogP contribution in [0.25, 0.3) is 0 Å². The molecule has 0 aliphatic carbocycles. The lowest BCUT2D eigenvalue weighted by Crippen LogP contribution is -2.58. The van der Waals surface area contributed by atoms with Gasteiger partial charge in [-0.2, -0.15) is 0 Å². The molecule has 1 fully saturated rings. The van der Waals surface area contributed by atoms with Crippen molar-refractivity contribution >= 4 is 39.9 Å². The zero-order valence-corrected chi connectivity index (χ0v) is 18.1. The molecule has 30 heavy (non-hydrogen) atoms. The van der Waals surface area contributed by atoms with Crippen LogP contribution < -0.4 is 16.0 Å². The van der Waals surface area contributed by atoms with Gasteiger partial charge in [-0.05, 0) is 39.3 Å². The molecular formula is C21H25N5O3S. The number of hydrogen-bond acceptors (Lipinski definition) is 6. The molecule has 2 aliphatic heterocycles. The Morgan fingerprint density at radius 2 is 2.00 bits per heavy atom. The van der Waals surface area contributed by atoms with Crippen molar-refractivity contribution in [3.63, 3.8) is 0 Å². The lowest BCUT2D eigenvalue weighted by Gasteiger charge is -2.40. The highest BCUT2D eigenvalue weighted by atomic mass is 32.1. The summed E-state index contributed by atoms with van der Waals surface area (Å²) < 4.78 is 0. The molecule has 2 aliphatic rings. The van der Waals surface area contributed by atoms with Gasteiger partial charge in [0.25, 0.3) is 5.91 Å². The highest BCUT2D eigenvalue weighted by Crippen LogP contribution is 2.32. The molecule has 9 heteroatoms. The van der Waals surface area contributed by atoms with Gasteiger partial charge < -0.3 is 20.9 Å². The minimum Gasteiger partial charge on any atom is -0.362 e. The lowest BCUT2D eigenvalue weighted by atomic mass is 9.95. The molecule has 0 bridgehead atoms. The number of aromatic nitrogens is 1. The summed E-state index contributed by atoms with van der Waals surface area (Å²) >= 11 is 1.42. The number of rotatable bonds is 3. The standard InChI is InChI=1S/C21H25N5O3S/c1-12-14(3)30-20(22-12)23-18(28)13(2)26-11-10-21(9-8-17(26)27)24-16-7-5-4-6-15(16)19(29)25-21/h4-7,13,24H,8-11H2,1-3H3,(H,25,29)(H,22,23,28)/t13-,21+/m0/s1. The number of anilines is 2. The average Bonchev–Trinajstić information content (AvgIpc) is 2.94. The average molecular weight is 428 g/mol. The third-order valence-corrected chi connectivity index (χ3v) is 6.86. The normalized spacial score (nSPS) is 22.0. The van der Waals surface area contributed by atoms with Crippen LogP contribution in [0.15, 0.2) is 24.3 Å². The van der Waals surface area contributed by atoms with Gasteiger partial charge in [0.1, 0.15) is 11.7 Å². The van der Waals surface area contributed by atoms with Crippen LogP contribution in [-0.4, -0.2) is 45.9 Å². The summed E-state index contributed by atoms with van der Waals surface area (Å²) in [4.78, 5) is 45.1. The number of thiazole rings is 1. The van der Waals surface area contributed by atoms with Gasteiger partial charge in [0.2, 0.25) is 11.8 Å². The van der Waals surface area contributed by atoms with E-state index in [0.29, 0.717) is 30.1 Å². The summed E-state index contributed by atoms with van der Waals surface area (Å²) in [6, 6.07) is 6.70. The molecule has 3 amide bonds. The SMILES string of the molecule is Cc1nc(NC(=O)[C@H](C)N2CC[C@@]3(CCC2=O)NC(=O)c2ccccc2N3)sc1C. The smallest absolute Gasteiger partial charge is 0.255 e. The van der Waals surface area contributed by atoms with Crippen LogP contribution in [-0.2, 0) is 9.59 Å². The van der Waals surface area contributed by atoms with Gasteiger partial charge in [-0.3, -0.25) is 14.4 Å². The fourth-order valence-corrected chi connectivity index (χ4v) is 4.74. The first-order valence-electron chi connectivity index (χ1n) is 10.0. The number of likely N-dealkylation sites (tertiary alicyclic amines) is 1. The van der Waals surface area contributed by atoms with E-state index in [1.807, 2.05) is 32.0 Å². The van der Waals surface area contributed by atoms with Crippen LogP contribution >= 0.6 is 11.3 Å². The number of nitrogens with one attached hydrogen (secondary N) is 3. The predicted molar refractivity (Wildman–Crippen MR) is 116 cm³/mol.